The highest BCUT2D eigenvalue weighted by Gasteiger charge is 2.27. The van der Waals surface area contributed by atoms with Crippen molar-refractivity contribution in [2.24, 2.45) is 5.73 Å². The van der Waals surface area contributed by atoms with Gasteiger partial charge in [-0.05, 0) is 49.2 Å². The molecule has 0 aliphatic carbocycles. The summed E-state index contributed by atoms with van der Waals surface area (Å²) in [5, 5.41) is 0. The molecule has 0 radical (unpaired) electrons. The highest BCUT2D eigenvalue weighted by Crippen LogP contribution is 2.30. The first-order valence-corrected chi connectivity index (χ1v) is 7.03. The molecule has 2 aromatic rings. The number of halogens is 1. The van der Waals surface area contributed by atoms with Gasteiger partial charge in [-0.15, -0.1) is 0 Å². The first-order chi connectivity index (χ1) is 9.78. The molecular formula is C15H19FN4. The number of nitrogens with one attached hydrogen (secondary N) is 1. The molecule has 1 aromatic carbocycles. The van der Waals surface area contributed by atoms with E-state index in [9.17, 15) is 4.39 Å². The summed E-state index contributed by atoms with van der Waals surface area (Å²) >= 11 is 0. The molecule has 3 N–H and O–H groups in total. The molecular weight excluding hydrogens is 255 g/mol. The van der Waals surface area contributed by atoms with Crippen molar-refractivity contribution in [2.45, 2.75) is 18.9 Å². The summed E-state index contributed by atoms with van der Waals surface area (Å²) in [5.41, 5.74) is 7.53. The van der Waals surface area contributed by atoms with Crippen molar-refractivity contribution in [1.82, 2.24) is 14.9 Å². The van der Waals surface area contributed by atoms with E-state index in [1.165, 1.54) is 18.6 Å². The highest BCUT2D eigenvalue weighted by atomic mass is 19.1. The van der Waals surface area contributed by atoms with Crippen LogP contribution in [-0.2, 0) is 0 Å². The number of aromatic amines is 1. The molecule has 1 fully saturated rings. The Morgan fingerprint density at radius 3 is 2.90 bits per heavy atom. The van der Waals surface area contributed by atoms with Crippen LogP contribution in [0.4, 0.5) is 4.39 Å². The zero-order valence-corrected chi connectivity index (χ0v) is 11.3. The molecule has 3 rings (SSSR count). The fourth-order valence-electron chi connectivity index (χ4n) is 2.85. The Labute approximate surface area is 117 Å². The van der Waals surface area contributed by atoms with Crippen molar-refractivity contribution in [3.05, 3.63) is 42.1 Å². The maximum Gasteiger partial charge on any atom is 0.123 e. The maximum atomic E-state index is 12.9. The molecule has 106 valence electrons. The Hall–Kier alpha value is -1.72. The van der Waals surface area contributed by atoms with Crippen molar-refractivity contribution >= 4 is 0 Å². The Balaban J connectivity index is 1.81. The van der Waals surface area contributed by atoms with Crippen LogP contribution in [0.3, 0.4) is 0 Å². The van der Waals surface area contributed by atoms with Crippen molar-refractivity contribution in [3.63, 3.8) is 0 Å². The number of rotatable bonds is 4. The van der Waals surface area contributed by atoms with Crippen molar-refractivity contribution in [3.8, 4) is 11.3 Å². The molecule has 5 heteroatoms. The van der Waals surface area contributed by atoms with Gasteiger partial charge in [0.1, 0.15) is 11.6 Å². The molecule has 0 saturated carbocycles. The molecule has 1 saturated heterocycles. The third-order valence-electron chi connectivity index (χ3n) is 3.85. The van der Waals surface area contributed by atoms with E-state index in [0.29, 0.717) is 12.6 Å². The van der Waals surface area contributed by atoms with Gasteiger partial charge in [-0.1, -0.05) is 0 Å². The predicted octanol–water partition coefficient (Wildman–Crippen LogP) is 2.31. The summed E-state index contributed by atoms with van der Waals surface area (Å²) in [6.45, 7) is 2.65. The normalized spacial score (nSPS) is 19.6. The van der Waals surface area contributed by atoms with E-state index in [4.69, 9.17) is 5.73 Å². The van der Waals surface area contributed by atoms with Crippen LogP contribution in [0.1, 0.15) is 24.7 Å². The van der Waals surface area contributed by atoms with Gasteiger partial charge in [-0.25, -0.2) is 9.37 Å². The van der Waals surface area contributed by atoms with Gasteiger partial charge in [-0.3, -0.25) is 4.90 Å². The minimum absolute atomic E-state index is 0.224. The molecule has 0 amide bonds. The SMILES string of the molecule is NCCN1CCCC1c1ncc(-c2ccc(F)cc2)[nH]1. The van der Waals surface area contributed by atoms with Crippen LogP contribution >= 0.6 is 0 Å². The maximum absolute atomic E-state index is 12.9. The zero-order chi connectivity index (χ0) is 13.9. The van der Waals surface area contributed by atoms with Gasteiger partial charge >= 0.3 is 0 Å². The Morgan fingerprint density at radius 2 is 2.15 bits per heavy atom. The topological polar surface area (TPSA) is 57.9 Å². The third kappa shape index (κ3) is 2.59. The number of likely N-dealkylation sites (tertiary alicyclic amines) is 1. The second-order valence-electron chi connectivity index (χ2n) is 5.17. The van der Waals surface area contributed by atoms with Gasteiger partial charge in [0, 0.05) is 13.1 Å². The molecule has 1 atom stereocenters. The molecule has 20 heavy (non-hydrogen) atoms. The second-order valence-corrected chi connectivity index (χ2v) is 5.17. The molecule has 1 unspecified atom stereocenters. The number of imidazole rings is 1. The molecule has 0 spiro atoms. The van der Waals surface area contributed by atoms with E-state index in [0.717, 1.165) is 36.6 Å². The van der Waals surface area contributed by atoms with E-state index in [1.807, 2.05) is 6.20 Å². The minimum atomic E-state index is -0.224. The molecule has 4 nitrogen and oxygen atoms in total. The van der Waals surface area contributed by atoms with Gasteiger partial charge in [0.15, 0.2) is 0 Å². The summed E-state index contributed by atoms with van der Waals surface area (Å²) in [6, 6.07) is 6.78. The standard InChI is InChI=1S/C15H19FN4/c16-12-5-3-11(4-6-12)13-10-18-15(19-13)14-2-1-8-20(14)9-7-17/h3-6,10,14H,1-2,7-9,17H2,(H,18,19). The number of hydrogen-bond donors (Lipinski definition) is 2. The lowest BCUT2D eigenvalue weighted by molar-refractivity contribution is 0.256. The predicted molar refractivity (Wildman–Crippen MR) is 76.6 cm³/mol. The number of nitrogens with zero attached hydrogens (tertiary/aromatic N) is 2. The molecule has 1 aliphatic rings. The average molecular weight is 274 g/mol. The largest absolute Gasteiger partial charge is 0.341 e. The summed E-state index contributed by atoms with van der Waals surface area (Å²) in [5.74, 6) is 0.758. The van der Waals surface area contributed by atoms with Gasteiger partial charge in [0.2, 0.25) is 0 Å². The monoisotopic (exact) mass is 274 g/mol. The second kappa shape index (κ2) is 5.73. The fraction of sp³-hybridized carbons (Fsp3) is 0.400. The number of aromatic nitrogens is 2. The average Bonchev–Trinajstić information content (AvgIpc) is 3.08. The van der Waals surface area contributed by atoms with Crippen LogP contribution in [0.15, 0.2) is 30.5 Å². The molecule has 1 aliphatic heterocycles. The van der Waals surface area contributed by atoms with E-state index >= 15 is 0 Å². The van der Waals surface area contributed by atoms with E-state index in [-0.39, 0.29) is 5.82 Å². The van der Waals surface area contributed by atoms with Crippen molar-refractivity contribution < 1.29 is 4.39 Å². The zero-order valence-electron chi connectivity index (χ0n) is 11.3. The highest BCUT2D eigenvalue weighted by molar-refractivity contribution is 5.58. The van der Waals surface area contributed by atoms with Gasteiger partial charge in [0.05, 0.1) is 17.9 Å². The summed E-state index contributed by atoms with van der Waals surface area (Å²) in [7, 11) is 0. The lowest BCUT2D eigenvalue weighted by atomic mass is 10.2. The van der Waals surface area contributed by atoms with E-state index < -0.39 is 0 Å². The summed E-state index contributed by atoms with van der Waals surface area (Å²) in [4.78, 5) is 10.2. The van der Waals surface area contributed by atoms with Crippen LogP contribution in [0.2, 0.25) is 0 Å². The smallest absolute Gasteiger partial charge is 0.123 e. The van der Waals surface area contributed by atoms with Crippen LogP contribution in [-0.4, -0.2) is 34.5 Å². The number of nitrogens with two attached hydrogens (primary N) is 1. The fourth-order valence-corrected chi connectivity index (χ4v) is 2.85. The summed E-state index contributed by atoms with van der Waals surface area (Å²) in [6.07, 6.45) is 4.11. The van der Waals surface area contributed by atoms with Crippen LogP contribution in [0.5, 0.6) is 0 Å². The Bertz CT molecular complexity index is 564. The molecule has 1 aromatic heterocycles. The Morgan fingerprint density at radius 1 is 1.35 bits per heavy atom. The lowest BCUT2D eigenvalue weighted by Gasteiger charge is -2.21. The van der Waals surface area contributed by atoms with Crippen molar-refractivity contribution in [1.29, 1.82) is 0 Å². The van der Waals surface area contributed by atoms with Gasteiger partial charge in [0.25, 0.3) is 0 Å². The lowest BCUT2D eigenvalue weighted by Crippen LogP contribution is -2.29. The quantitative estimate of drug-likeness (QED) is 0.899. The number of H-pyrrole nitrogens is 1. The van der Waals surface area contributed by atoms with E-state index in [2.05, 4.69) is 14.9 Å². The first kappa shape index (κ1) is 13.3. The minimum Gasteiger partial charge on any atom is -0.341 e. The van der Waals surface area contributed by atoms with Gasteiger partial charge in [-0.2, -0.15) is 0 Å². The number of hydrogen-bond acceptors (Lipinski definition) is 3. The van der Waals surface area contributed by atoms with Crippen molar-refractivity contribution in [2.75, 3.05) is 19.6 Å². The van der Waals surface area contributed by atoms with E-state index in [1.54, 1.807) is 12.1 Å². The van der Waals surface area contributed by atoms with Crippen LogP contribution in [0, 0.1) is 5.82 Å². The summed E-state index contributed by atoms with van der Waals surface area (Å²) < 4.78 is 12.9. The Kier molecular flexibility index (Phi) is 3.80. The van der Waals surface area contributed by atoms with Crippen LogP contribution in [0.25, 0.3) is 11.3 Å². The molecule has 2 heterocycles. The van der Waals surface area contributed by atoms with Crippen LogP contribution < -0.4 is 5.73 Å². The number of benzene rings is 1. The first-order valence-electron chi connectivity index (χ1n) is 7.03. The third-order valence-corrected chi connectivity index (χ3v) is 3.85. The van der Waals surface area contributed by atoms with Gasteiger partial charge < -0.3 is 10.7 Å². The molecule has 0 bridgehead atoms.